The molecule has 0 saturated carbocycles. The minimum Gasteiger partial charge on any atom is -0.242 e. The van der Waals surface area contributed by atoms with E-state index in [4.69, 9.17) is 0 Å². The van der Waals surface area contributed by atoms with Crippen molar-refractivity contribution in [1.29, 1.82) is 0 Å². The molecule has 0 unspecified atom stereocenters. The van der Waals surface area contributed by atoms with E-state index in [-0.39, 0.29) is 0 Å². The molecule has 0 atom stereocenters. The molecule has 3 nitrogen and oxygen atoms in total. The first-order valence-corrected chi connectivity index (χ1v) is 7.37. The Hall–Kier alpha value is -0.550. The largest absolute Gasteiger partial charge is 0.242 e. The lowest BCUT2D eigenvalue weighted by Crippen LogP contribution is -2.16. The van der Waals surface area contributed by atoms with E-state index in [2.05, 4.69) is 37.0 Å². The fraction of sp³-hybridized carbons (Fsp3) is 0.455. The van der Waals surface area contributed by atoms with Crippen molar-refractivity contribution in [2.45, 2.75) is 18.9 Å². The Bertz CT molecular complexity index is 505. The monoisotopic (exact) mass is 297 g/mol. The summed E-state index contributed by atoms with van der Waals surface area (Å²) in [7, 11) is 0. The van der Waals surface area contributed by atoms with E-state index in [1.165, 1.54) is 24.3 Å². The van der Waals surface area contributed by atoms with E-state index in [9.17, 15) is 0 Å². The van der Waals surface area contributed by atoms with Crippen LogP contribution in [0.25, 0.3) is 11.0 Å². The molecule has 1 aromatic heterocycles. The summed E-state index contributed by atoms with van der Waals surface area (Å²) in [5.41, 5.74) is 2.13. The predicted octanol–water partition coefficient (Wildman–Crippen LogP) is 3.26. The van der Waals surface area contributed by atoms with Gasteiger partial charge in [-0.25, -0.2) is 4.68 Å². The quantitative estimate of drug-likeness (QED) is 0.809. The van der Waals surface area contributed by atoms with Crippen molar-refractivity contribution in [2.24, 2.45) is 0 Å². The van der Waals surface area contributed by atoms with E-state index in [1.54, 1.807) is 0 Å². The van der Waals surface area contributed by atoms with Gasteiger partial charge in [0.15, 0.2) is 0 Å². The van der Waals surface area contributed by atoms with Gasteiger partial charge in [0.2, 0.25) is 0 Å². The molecular weight excluding hydrogens is 286 g/mol. The zero-order valence-corrected chi connectivity index (χ0v) is 11.2. The molecular formula is C11H12BrN3S. The molecule has 2 heterocycles. The van der Waals surface area contributed by atoms with Crippen molar-refractivity contribution >= 4 is 38.7 Å². The summed E-state index contributed by atoms with van der Waals surface area (Å²) in [5.74, 6) is 2.47. The van der Waals surface area contributed by atoms with E-state index in [1.807, 2.05) is 23.9 Å². The van der Waals surface area contributed by atoms with Crippen molar-refractivity contribution in [1.82, 2.24) is 15.0 Å². The topological polar surface area (TPSA) is 30.7 Å². The number of halogens is 1. The second-order valence-corrected chi connectivity index (χ2v) is 6.15. The van der Waals surface area contributed by atoms with Crippen LogP contribution in [0.3, 0.4) is 0 Å². The third kappa shape index (κ3) is 1.86. The second-order valence-electron chi connectivity index (χ2n) is 4.01. The molecule has 1 fully saturated rings. The number of nitrogens with zero attached hydrogens (tertiary/aromatic N) is 3. The van der Waals surface area contributed by atoms with Crippen LogP contribution in [0.5, 0.6) is 0 Å². The van der Waals surface area contributed by atoms with Crippen LogP contribution in [-0.2, 0) is 0 Å². The molecule has 0 amide bonds. The molecule has 84 valence electrons. The van der Waals surface area contributed by atoms with Gasteiger partial charge in [0.05, 0.1) is 11.6 Å². The van der Waals surface area contributed by atoms with Gasteiger partial charge in [-0.15, -0.1) is 5.10 Å². The molecule has 1 saturated heterocycles. The minimum absolute atomic E-state index is 0.528. The van der Waals surface area contributed by atoms with Crippen LogP contribution in [0.15, 0.2) is 22.7 Å². The summed E-state index contributed by atoms with van der Waals surface area (Å²) in [4.78, 5) is 0. The molecule has 2 aromatic rings. The van der Waals surface area contributed by atoms with Crippen molar-refractivity contribution in [2.75, 3.05) is 11.5 Å². The molecule has 0 bridgehead atoms. The third-order valence-corrected chi connectivity index (χ3v) is 4.51. The van der Waals surface area contributed by atoms with E-state index in [0.717, 1.165) is 15.5 Å². The van der Waals surface area contributed by atoms with Crippen LogP contribution in [-0.4, -0.2) is 26.5 Å². The molecule has 0 N–H and O–H groups in total. The highest BCUT2D eigenvalue weighted by Crippen LogP contribution is 2.29. The standard InChI is InChI=1S/C11H12BrN3S/c12-8-1-2-10-11(7-8)15(14-13-10)9-3-5-16-6-4-9/h1-2,7,9H,3-6H2. The number of aromatic nitrogens is 3. The number of thioether (sulfide) groups is 1. The first kappa shape index (κ1) is 10.6. The molecule has 1 aliphatic heterocycles. The smallest absolute Gasteiger partial charge is 0.113 e. The Morgan fingerprint density at radius 1 is 1.31 bits per heavy atom. The summed E-state index contributed by atoms with van der Waals surface area (Å²) < 4.78 is 3.19. The Morgan fingerprint density at radius 2 is 2.12 bits per heavy atom. The molecule has 1 aromatic carbocycles. The van der Waals surface area contributed by atoms with Crippen LogP contribution < -0.4 is 0 Å². The van der Waals surface area contributed by atoms with Crippen LogP contribution in [0.2, 0.25) is 0 Å². The number of rotatable bonds is 1. The molecule has 0 aliphatic carbocycles. The van der Waals surface area contributed by atoms with Gasteiger partial charge in [-0.2, -0.15) is 11.8 Å². The Labute approximate surface area is 107 Å². The zero-order chi connectivity index (χ0) is 11.0. The van der Waals surface area contributed by atoms with Crippen LogP contribution >= 0.6 is 27.7 Å². The average Bonchev–Trinajstić information content (AvgIpc) is 2.73. The van der Waals surface area contributed by atoms with Crippen LogP contribution in [0.1, 0.15) is 18.9 Å². The number of benzene rings is 1. The number of hydrogen-bond acceptors (Lipinski definition) is 3. The maximum Gasteiger partial charge on any atom is 0.113 e. The first-order valence-electron chi connectivity index (χ1n) is 5.43. The first-order chi connectivity index (χ1) is 7.84. The minimum atomic E-state index is 0.528. The SMILES string of the molecule is Brc1ccc2nnn(C3CCSCC3)c2c1. The van der Waals surface area contributed by atoms with Gasteiger partial charge >= 0.3 is 0 Å². The zero-order valence-electron chi connectivity index (χ0n) is 8.77. The van der Waals surface area contributed by atoms with Crippen molar-refractivity contribution in [3.8, 4) is 0 Å². The maximum atomic E-state index is 4.30. The molecule has 5 heteroatoms. The lowest BCUT2D eigenvalue weighted by Gasteiger charge is -2.21. The van der Waals surface area contributed by atoms with Crippen molar-refractivity contribution < 1.29 is 0 Å². The van der Waals surface area contributed by atoms with Gasteiger partial charge in [0.25, 0.3) is 0 Å². The highest BCUT2D eigenvalue weighted by atomic mass is 79.9. The van der Waals surface area contributed by atoms with Crippen molar-refractivity contribution in [3.05, 3.63) is 22.7 Å². The van der Waals surface area contributed by atoms with Gasteiger partial charge in [-0.1, -0.05) is 21.1 Å². The molecule has 16 heavy (non-hydrogen) atoms. The summed E-state index contributed by atoms with van der Waals surface area (Å²) in [6, 6.07) is 6.66. The third-order valence-electron chi connectivity index (χ3n) is 2.97. The van der Waals surface area contributed by atoms with Gasteiger partial charge in [0, 0.05) is 4.47 Å². The fourth-order valence-corrected chi connectivity index (χ4v) is 3.54. The summed E-state index contributed by atoms with van der Waals surface area (Å²) >= 11 is 5.54. The normalized spacial score (nSPS) is 18.1. The highest BCUT2D eigenvalue weighted by Gasteiger charge is 2.18. The highest BCUT2D eigenvalue weighted by molar-refractivity contribution is 9.10. The Morgan fingerprint density at radius 3 is 2.94 bits per heavy atom. The van der Waals surface area contributed by atoms with E-state index < -0.39 is 0 Å². The van der Waals surface area contributed by atoms with E-state index >= 15 is 0 Å². The number of fused-ring (bicyclic) bond motifs is 1. The van der Waals surface area contributed by atoms with Gasteiger partial charge < -0.3 is 0 Å². The molecule has 3 rings (SSSR count). The van der Waals surface area contributed by atoms with Gasteiger partial charge in [-0.3, -0.25) is 0 Å². The van der Waals surface area contributed by atoms with Gasteiger partial charge in [0.1, 0.15) is 5.52 Å². The average molecular weight is 298 g/mol. The number of hydrogen-bond donors (Lipinski definition) is 0. The fourth-order valence-electron chi connectivity index (χ4n) is 2.11. The van der Waals surface area contributed by atoms with Gasteiger partial charge in [-0.05, 0) is 42.5 Å². The predicted molar refractivity (Wildman–Crippen MR) is 70.8 cm³/mol. The summed E-state index contributed by atoms with van der Waals surface area (Å²) in [6.07, 6.45) is 2.41. The summed E-state index contributed by atoms with van der Waals surface area (Å²) in [5, 5.41) is 8.52. The Balaban J connectivity index is 2.05. The maximum absolute atomic E-state index is 4.30. The van der Waals surface area contributed by atoms with Crippen molar-refractivity contribution in [3.63, 3.8) is 0 Å². The molecule has 1 aliphatic rings. The lowest BCUT2D eigenvalue weighted by molar-refractivity contribution is 0.428. The van der Waals surface area contributed by atoms with Crippen LogP contribution in [0, 0.1) is 0 Å². The Kier molecular flexibility index (Phi) is 2.90. The lowest BCUT2D eigenvalue weighted by atomic mass is 10.1. The molecule has 0 spiro atoms. The second kappa shape index (κ2) is 4.37. The van der Waals surface area contributed by atoms with E-state index in [0.29, 0.717) is 6.04 Å². The molecule has 0 radical (unpaired) electrons. The van der Waals surface area contributed by atoms with Crippen LogP contribution in [0.4, 0.5) is 0 Å². The summed E-state index contributed by atoms with van der Waals surface area (Å²) in [6.45, 7) is 0.